The highest BCUT2D eigenvalue weighted by Crippen LogP contribution is 2.66. The van der Waals surface area contributed by atoms with Crippen molar-refractivity contribution < 1.29 is 0 Å². The molecule has 314 valence electrons. The average molecular weight is 878 g/mol. The number of nitrogens with zero attached hydrogens (tertiary/aromatic N) is 1. The van der Waals surface area contributed by atoms with Gasteiger partial charge in [0.15, 0.2) is 0 Å². The second-order valence-electron chi connectivity index (χ2n) is 19.0. The van der Waals surface area contributed by atoms with E-state index in [0.717, 1.165) is 5.69 Å². The van der Waals surface area contributed by atoms with Crippen LogP contribution in [-0.4, -0.2) is 0 Å². The summed E-state index contributed by atoms with van der Waals surface area (Å²) < 4.78 is 2.58. The van der Waals surface area contributed by atoms with Crippen molar-refractivity contribution in [2.45, 2.75) is 10.8 Å². The molecule has 68 heavy (non-hydrogen) atoms. The Bertz CT molecular complexity index is 4100. The van der Waals surface area contributed by atoms with Crippen molar-refractivity contribution in [2.24, 2.45) is 0 Å². The largest absolute Gasteiger partial charge is 0.308 e. The molecule has 2 spiro atoms. The first kappa shape index (κ1) is 36.9. The number of hydrogen-bond donors (Lipinski definition) is 0. The van der Waals surface area contributed by atoms with Gasteiger partial charge in [-0.3, -0.25) is 0 Å². The molecule has 4 aliphatic carbocycles. The van der Waals surface area contributed by atoms with Crippen LogP contribution in [0, 0.1) is 0 Å². The van der Waals surface area contributed by atoms with Gasteiger partial charge in [0, 0.05) is 26.7 Å². The van der Waals surface area contributed by atoms with Crippen molar-refractivity contribution in [1.29, 1.82) is 0 Å². The van der Waals surface area contributed by atoms with Gasteiger partial charge in [-0.25, -0.2) is 0 Å². The van der Waals surface area contributed by atoms with E-state index in [1.165, 1.54) is 131 Å². The van der Waals surface area contributed by atoms with Crippen LogP contribution >= 0.6 is 11.3 Å². The van der Waals surface area contributed by atoms with Gasteiger partial charge in [-0.1, -0.05) is 206 Å². The monoisotopic (exact) mass is 877 g/mol. The minimum absolute atomic E-state index is 0.419. The van der Waals surface area contributed by atoms with Crippen molar-refractivity contribution in [3.8, 4) is 44.5 Å². The molecule has 0 fully saturated rings. The van der Waals surface area contributed by atoms with Gasteiger partial charge in [0.2, 0.25) is 0 Å². The smallest absolute Gasteiger partial charge is 0.0726 e. The summed E-state index contributed by atoms with van der Waals surface area (Å²) in [6, 6.07) is 89.9. The van der Waals surface area contributed by atoms with E-state index < -0.39 is 10.8 Å². The molecule has 4 aliphatic rings. The molecular formula is C66H39NS. The van der Waals surface area contributed by atoms with Crippen LogP contribution in [0.15, 0.2) is 237 Å². The SMILES string of the molecule is c1ccc2c(c1)-c1ccccc1C21c2ccccc2-c2cc(N(c3cccc4c3-c3ccccc3C43c4ccccc4-c4ccccc43)c3cccc4c3sc3ccc5ccccc5c34)ccc21. The highest BCUT2D eigenvalue weighted by molar-refractivity contribution is 7.26. The third kappa shape index (κ3) is 4.34. The van der Waals surface area contributed by atoms with E-state index in [1.807, 2.05) is 11.3 Å². The van der Waals surface area contributed by atoms with Crippen molar-refractivity contribution in [1.82, 2.24) is 0 Å². The fourth-order valence-corrected chi connectivity index (χ4v) is 14.9. The lowest BCUT2D eigenvalue weighted by Crippen LogP contribution is -2.26. The fraction of sp³-hybridized carbons (Fsp3) is 0.0303. The van der Waals surface area contributed by atoms with Crippen molar-refractivity contribution in [3.05, 3.63) is 281 Å². The molecule has 0 saturated carbocycles. The first-order chi connectivity index (χ1) is 33.8. The predicted octanol–water partition coefficient (Wildman–Crippen LogP) is 17.4. The van der Waals surface area contributed by atoms with Gasteiger partial charge in [-0.2, -0.15) is 0 Å². The molecule has 1 nitrogen and oxygen atoms in total. The van der Waals surface area contributed by atoms with Crippen LogP contribution in [-0.2, 0) is 10.8 Å². The number of benzene rings is 11. The van der Waals surface area contributed by atoms with Crippen LogP contribution in [0.3, 0.4) is 0 Å². The van der Waals surface area contributed by atoms with Crippen LogP contribution < -0.4 is 4.90 Å². The summed E-state index contributed by atoms with van der Waals surface area (Å²) in [6.07, 6.45) is 0. The molecule has 0 N–H and O–H groups in total. The fourth-order valence-electron chi connectivity index (χ4n) is 13.7. The van der Waals surface area contributed by atoms with E-state index in [0.29, 0.717) is 0 Å². The number of fused-ring (bicyclic) bond motifs is 25. The van der Waals surface area contributed by atoms with Crippen LogP contribution in [0.25, 0.3) is 75.5 Å². The standard InChI is InChI=1S/C66H39NS/c1-2-18-42-40(17-1)35-38-61-62(42)49-25-15-34-60(64(49)68-61)67(41-36-37-57-50(39-41)47-23-7-13-30-55(47)65(57)51-26-9-3-19-43(51)44-20-4-10-27-52(44)65)59-33-16-32-58-63(59)48-24-8-14-31-56(48)66(58)53-28-11-5-21-45(53)46-22-6-12-29-54(46)66/h1-39H. The van der Waals surface area contributed by atoms with E-state index >= 15 is 0 Å². The number of thiophene rings is 1. The number of hydrogen-bond acceptors (Lipinski definition) is 2. The summed E-state index contributed by atoms with van der Waals surface area (Å²) in [5.74, 6) is 0. The molecule has 1 aromatic heterocycles. The molecule has 1 heterocycles. The minimum atomic E-state index is -0.462. The zero-order chi connectivity index (χ0) is 44.3. The minimum Gasteiger partial charge on any atom is -0.308 e. The second-order valence-corrected chi connectivity index (χ2v) is 20.0. The molecule has 0 radical (unpaired) electrons. The Hall–Kier alpha value is -8.30. The topological polar surface area (TPSA) is 3.24 Å². The summed E-state index contributed by atoms with van der Waals surface area (Å²) in [7, 11) is 0. The molecule has 0 saturated heterocycles. The lowest BCUT2D eigenvalue weighted by molar-refractivity contribution is 0.793. The van der Waals surface area contributed by atoms with E-state index in [1.54, 1.807) is 0 Å². The van der Waals surface area contributed by atoms with Gasteiger partial charge >= 0.3 is 0 Å². The number of anilines is 3. The molecule has 2 heteroatoms. The molecule has 0 aliphatic heterocycles. The Balaban J connectivity index is 1.02. The second kappa shape index (κ2) is 13.2. The third-order valence-electron chi connectivity index (χ3n) is 16.1. The molecule has 16 rings (SSSR count). The third-order valence-corrected chi connectivity index (χ3v) is 17.3. The summed E-state index contributed by atoms with van der Waals surface area (Å²) in [4.78, 5) is 2.62. The van der Waals surface area contributed by atoms with Gasteiger partial charge in [-0.05, 0) is 125 Å². The van der Waals surface area contributed by atoms with Gasteiger partial charge < -0.3 is 4.90 Å². The normalized spacial score (nSPS) is 14.4. The predicted molar refractivity (Wildman–Crippen MR) is 284 cm³/mol. The van der Waals surface area contributed by atoms with E-state index in [2.05, 4.69) is 241 Å². The molecule has 12 aromatic rings. The summed E-state index contributed by atoms with van der Waals surface area (Å²) in [5, 5.41) is 5.18. The Morgan fingerprint density at radius 3 is 1.37 bits per heavy atom. The van der Waals surface area contributed by atoms with Gasteiger partial charge in [0.1, 0.15) is 0 Å². The van der Waals surface area contributed by atoms with E-state index in [-0.39, 0.29) is 0 Å². The Morgan fingerprint density at radius 2 is 0.750 bits per heavy atom. The maximum absolute atomic E-state index is 2.62. The summed E-state index contributed by atoms with van der Waals surface area (Å²) in [5.41, 5.74) is 23.8. The molecule has 0 unspecified atom stereocenters. The van der Waals surface area contributed by atoms with E-state index in [9.17, 15) is 0 Å². The Kier molecular flexibility index (Phi) is 7.15. The Morgan fingerprint density at radius 1 is 0.309 bits per heavy atom. The molecule has 0 bridgehead atoms. The highest BCUT2D eigenvalue weighted by Gasteiger charge is 2.54. The lowest BCUT2D eigenvalue weighted by Gasteiger charge is -2.32. The van der Waals surface area contributed by atoms with Crippen LogP contribution in [0.4, 0.5) is 17.1 Å². The summed E-state index contributed by atoms with van der Waals surface area (Å²) in [6.45, 7) is 0. The van der Waals surface area contributed by atoms with Crippen LogP contribution in [0.5, 0.6) is 0 Å². The first-order valence-electron chi connectivity index (χ1n) is 23.8. The van der Waals surface area contributed by atoms with Crippen molar-refractivity contribution >= 4 is 59.3 Å². The van der Waals surface area contributed by atoms with Gasteiger partial charge in [0.05, 0.1) is 26.9 Å². The number of rotatable bonds is 3. The maximum atomic E-state index is 2.62. The van der Waals surface area contributed by atoms with Gasteiger partial charge in [0.25, 0.3) is 0 Å². The van der Waals surface area contributed by atoms with E-state index in [4.69, 9.17) is 0 Å². The quantitative estimate of drug-likeness (QED) is 0.171. The lowest BCUT2D eigenvalue weighted by atomic mass is 9.70. The van der Waals surface area contributed by atoms with Crippen LogP contribution in [0.1, 0.15) is 44.5 Å². The zero-order valence-electron chi connectivity index (χ0n) is 36.9. The highest BCUT2D eigenvalue weighted by atomic mass is 32.1. The average Bonchev–Trinajstić information content (AvgIpc) is 4.18. The van der Waals surface area contributed by atoms with Gasteiger partial charge in [-0.15, -0.1) is 11.3 Å². The van der Waals surface area contributed by atoms with Crippen molar-refractivity contribution in [2.75, 3.05) is 4.90 Å². The maximum Gasteiger partial charge on any atom is 0.0726 e. The zero-order valence-corrected chi connectivity index (χ0v) is 37.7. The van der Waals surface area contributed by atoms with Crippen molar-refractivity contribution in [3.63, 3.8) is 0 Å². The molecular weight excluding hydrogens is 839 g/mol. The molecule has 11 aromatic carbocycles. The Labute approximate surface area is 398 Å². The molecule has 0 amide bonds. The van der Waals surface area contributed by atoms with Crippen LogP contribution in [0.2, 0.25) is 0 Å². The summed E-state index contributed by atoms with van der Waals surface area (Å²) >= 11 is 1.91. The first-order valence-corrected chi connectivity index (χ1v) is 24.6. The molecule has 0 atom stereocenters.